The summed E-state index contributed by atoms with van der Waals surface area (Å²) < 4.78 is 0. The highest BCUT2D eigenvalue weighted by Gasteiger charge is 2.16. The molecular formula is C16H26ClN3. The molecule has 1 fully saturated rings. The normalized spacial score (nSPS) is 16.6. The van der Waals surface area contributed by atoms with Crippen LogP contribution in [0.1, 0.15) is 19.8 Å². The molecule has 0 radical (unpaired) electrons. The standard InChI is InChI=1S/C16H26ClN3/c1-2-7-18-8-4-9-19-10-12-20(13-11-19)16-6-3-5-15(17)14-16/h3,5-6,14,18H,2,4,7-13H2,1H3. The van der Waals surface area contributed by atoms with Crippen LogP contribution in [0, 0.1) is 0 Å². The van der Waals surface area contributed by atoms with Gasteiger partial charge in [0.25, 0.3) is 0 Å². The molecular weight excluding hydrogens is 270 g/mol. The molecule has 0 aromatic heterocycles. The molecule has 0 aliphatic carbocycles. The molecule has 20 heavy (non-hydrogen) atoms. The molecule has 1 saturated heterocycles. The van der Waals surface area contributed by atoms with Gasteiger partial charge < -0.3 is 10.2 Å². The average Bonchev–Trinajstić information content (AvgIpc) is 2.48. The Kier molecular flexibility index (Phi) is 6.64. The van der Waals surface area contributed by atoms with Crippen LogP contribution >= 0.6 is 11.6 Å². The van der Waals surface area contributed by atoms with Crippen LogP contribution in [0.4, 0.5) is 5.69 Å². The maximum absolute atomic E-state index is 6.06. The van der Waals surface area contributed by atoms with Gasteiger partial charge in [-0.2, -0.15) is 0 Å². The Balaban J connectivity index is 1.67. The summed E-state index contributed by atoms with van der Waals surface area (Å²) in [5.74, 6) is 0. The summed E-state index contributed by atoms with van der Waals surface area (Å²) in [5.41, 5.74) is 1.25. The molecule has 1 heterocycles. The van der Waals surface area contributed by atoms with Crippen molar-refractivity contribution in [3.63, 3.8) is 0 Å². The largest absolute Gasteiger partial charge is 0.369 e. The lowest BCUT2D eigenvalue weighted by atomic mass is 10.2. The highest BCUT2D eigenvalue weighted by Crippen LogP contribution is 2.20. The molecule has 1 aliphatic rings. The minimum atomic E-state index is 0.826. The second-order valence-electron chi connectivity index (χ2n) is 5.41. The van der Waals surface area contributed by atoms with E-state index < -0.39 is 0 Å². The van der Waals surface area contributed by atoms with Crippen molar-refractivity contribution in [2.45, 2.75) is 19.8 Å². The number of piperazine rings is 1. The lowest BCUT2D eigenvalue weighted by molar-refractivity contribution is 0.254. The highest BCUT2D eigenvalue weighted by molar-refractivity contribution is 6.30. The smallest absolute Gasteiger partial charge is 0.0426 e. The molecule has 0 bridgehead atoms. The summed E-state index contributed by atoms with van der Waals surface area (Å²) in [6.45, 7) is 10.2. The van der Waals surface area contributed by atoms with E-state index in [2.05, 4.69) is 34.2 Å². The maximum Gasteiger partial charge on any atom is 0.0426 e. The van der Waals surface area contributed by atoms with E-state index in [1.807, 2.05) is 12.1 Å². The van der Waals surface area contributed by atoms with Gasteiger partial charge in [-0.3, -0.25) is 4.90 Å². The van der Waals surface area contributed by atoms with Gasteiger partial charge in [-0.25, -0.2) is 0 Å². The Morgan fingerprint density at radius 1 is 1.15 bits per heavy atom. The quantitative estimate of drug-likeness (QED) is 0.781. The fourth-order valence-corrected chi connectivity index (χ4v) is 2.82. The summed E-state index contributed by atoms with van der Waals surface area (Å²) in [6.07, 6.45) is 2.47. The van der Waals surface area contributed by atoms with Gasteiger partial charge in [0.1, 0.15) is 0 Å². The number of benzene rings is 1. The van der Waals surface area contributed by atoms with Gasteiger partial charge in [0, 0.05) is 36.9 Å². The van der Waals surface area contributed by atoms with E-state index in [9.17, 15) is 0 Å². The molecule has 0 atom stereocenters. The van der Waals surface area contributed by atoms with Gasteiger partial charge in [0.05, 0.1) is 0 Å². The fraction of sp³-hybridized carbons (Fsp3) is 0.625. The third-order valence-electron chi connectivity index (χ3n) is 3.80. The Hall–Kier alpha value is -0.770. The number of rotatable bonds is 7. The molecule has 0 saturated carbocycles. The molecule has 1 aromatic carbocycles. The number of halogens is 1. The van der Waals surface area contributed by atoms with E-state index in [1.54, 1.807) is 0 Å². The second-order valence-corrected chi connectivity index (χ2v) is 5.85. The molecule has 1 aliphatic heterocycles. The number of hydrogen-bond acceptors (Lipinski definition) is 3. The van der Waals surface area contributed by atoms with Crippen LogP contribution in [0.25, 0.3) is 0 Å². The lowest BCUT2D eigenvalue weighted by Crippen LogP contribution is -2.47. The van der Waals surface area contributed by atoms with Crippen molar-refractivity contribution in [2.75, 3.05) is 50.7 Å². The molecule has 4 heteroatoms. The van der Waals surface area contributed by atoms with Gasteiger partial charge in [0.15, 0.2) is 0 Å². The van der Waals surface area contributed by atoms with Crippen LogP contribution in [-0.4, -0.2) is 50.7 Å². The summed E-state index contributed by atoms with van der Waals surface area (Å²) in [5, 5.41) is 4.29. The predicted molar refractivity (Wildman–Crippen MR) is 87.9 cm³/mol. The molecule has 0 amide bonds. The van der Waals surface area contributed by atoms with Crippen molar-refractivity contribution < 1.29 is 0 Å². The van der Waals surface area contributed by atoms with Crippen molar-refractivity contribution in [3.05, 3.63) is 29.3 Å². The average molecular weight is 296 g/mol. The van der Waals surface area contributed by atoms with E-state index in [-0.39, 0.29) is 0 Å². The third-order valence-corrected chi connectivity index (χ3v) is 4.04. The minimum Gasteiger partial charge on any atom is -0.369 e. The molecule has 3 nitrogen and oxygen atoms in total. The molecule has 0 spiro atoms. The molecule has 1 aromatic rings. The topological polar surface area (TPSA) is 18.5 Å². The van der Waals surface area contributed by atoms with Crippen molar-refractivity contribution in [3.8, 4) is 0 Å². The molecule has 112 valence electrons. The number of nitrogens with zero attached hydrogens (tertiary/aromatic N) is 2. The van der Waals surface area contributed by atoms with Crippen LogP contribution in [0.5, 0.6) is 0 Å². The van der Waals surface area contributed by atoms with E-state index in [0.29, 0.717) is 0 Å². The Labute approximate surface area is 127 Å². The predicted octanol–water partition coefficient (Wildman–Crippen LogP) is 2.85. The number of nitrogens with one attached hydrogen (secondary N) is 1. The van der Waals surface area contributed by atoms with Crippen LogP contribution in [-0.2, 0) is 0 Å². The van der Waals surface area contributed by atoms with Crippen molar-refractivity contribution >= 4 is 17.3 Å². The zero-order chi connectivity index (χ0) is 14.2. The van der Waals surface area contributed by atoms with Crippen LogP contribution in [0.15, 0.2) is 24.3 Å². The Morgan fingerprint density at radius 3 is 2.65 bits per heavy atom. The van der Waals surface area contributed by atoms with Crippen molar-refractivity contribution in [1.82, 2.24) is 10.2 Å². The molecule has 1 N–H and O–H groups in total. The first-order chi connectivity index (χ1) is 9.79. The minimum absolute atomic E-state index is 0.826. The SMILES string of the molecule is CCCNCCCN1CCN(c2cccc(Cl)c2)CC1. The van der Waals surface area contributed by atoms with Gasteiger partial charge in [0.2, 0.25) is 0 Å². The van der Waals surface area contributed by atoms with Gasteiger partial charge >= 0.3 is 0 Å². The van der Waals surface area contributed by atoms with Gasteiger partial charge in [-0.1, -0.05) is 24.6 Å². The van der Waals surface area contributed by atoms with Crippen molar-refractivity contribution in [1.29, 1.82) is 0 Å². The zero-order valence-electron chi connectivity index (χ0n) is 12.4. The first-order valence-electron chi connectivity index (χ1n) is 7.73. The van der Waals surface area contributed by atoms with E-state index >= 15 is 0 Å². The zero-order valence-corrected chi connectivity index (χ0v) is 13.2. The first-order valence-corrected chi connectivity index (χ1v) is 8.11. The van der Waals surface area contributed by atoms with Gasteiger partial charge in [-0.15, -0.1) is 0 Å². The number of anilines is 1. The third kappa shape index (κ3) is 4.97. The first kappa shape index (κ1) is 15.6. The maximum atomic E-state index is 6.06. The van der Waals surface area contributed by atoms with Crippen LogP contribution in [0.2, 0.25) is 5.02 Å². The molecule has 2 rings (SSSR count). The Morgan fingerprint density at radius 2 is 1.95 bits per heavy atom. The van der Waals surface area contributed by atoms with E-state index in [4.69, 9.17) is 11.6 Å². The summed E-state index contributed by atoms with van der Waals surface area (Å²) in [6, 6.07) is 8.18. The summed E-state index contributed by atoms with van der Waals surface area (Å²) in [7, 11) is 0. The Bertz CT molecular complexity index is 389. The second kappa shape index (κ2) is 8.50. The van der Waals surface area contributed by atoms with E-state index in [1.165, 1.54) is 25.1 Å². The highest BCUT2D eigenvalue weighted by atomic mass is 35.5. The fourth-order valence-electron chi connectivity index (χ4n) is 2.63. The van der Waals surface area contributed by atoms with E-state index in [0.717, 1.165) is 44.3 Å². The van der Waals surface area contributed by atoms with Crippen molar-refractivity contribution in [2.24, 2.45) is 0 Å². The van der Waals surface area contributed by atoms with Gasteiger partial charge in [-0.05, 0) is 50.7 Å². The lowest BCUT2D eigenvalue weighted by Gasteiger charge is -2.36. The summed E-state index contributed by atoms with van der Waals surface area (Å²) in [4.78, 5) is 4.99. The van der Waals surface area contributed by atoms with Crippen LogP contribution < -0.4 is 10.2 Å². The number of hydrogen-bond donors (Lipinski definition) is 1. The molecule has 0 unspecified atom stereocenters. The van der Waals surface area contributed by atoms with Crippen LogP contribution in [0.3, 0.4) is 0 Å². The summed E-state index contributed by atoms with van der Waals surface area (Å²) >= 11 is 6.06. The monoisotopic (exact) mass is 295 g/mol.